The smallest absolute Gasteiger partial charge is 0.0293 e. The van der Waals surface area contributed by atoms with Crippen LogP contribution in [0.2, 0.25) is 0 Å². The Morgan fingerprint density at radius 1 is 1.82 bits per heavy atom. The van der Waals surface area contributed by atoms with Crippen molar-refractivity contribution in [1.82, 2.24) is 4.90 Å². The van der Waals surface area contributed by atoms with E-state index in [2.05, 4.69) is 34.8 Å². The monoisotopic (exact) mass is 149 g/mol. The number of nitrogens with zero attached hydrogens (tertiary/aromatic N) is 2. The van der Waals surface area contributed by atoms with Crippen LogP contribution in [0.4, 0.5) is 0 Å². The van der Waals surface area contributed by atoms with E-state index in [-0.39, 0.29) is 0 Å². The molecule has 0 atom stereocenters. The Balaban J connectivity index is 2.21. The van der Waals surface area contributed by atoms with Crippen LogP contribution in [0.15, 0.2) is 16.8 Å². The number of fused-ring (bicyclic) bond motifs is 1. The Morgan fingerprint density at radius 3 is 3.45 bits per heavy atom. The second-order valence-electron chi connectivity index (χ2n) is 2.93. The van der Waals surface area contributed by atoms with Gasteiger partial charge in [0, 0.05) is 0 Å². The molecule has 0 aromatic carbocycles. The van der Waals surface area contributed by atoms with E-state index in [4.69, 9.17) is 0 Å². The van der Waals surface area contributed by atoms with Crippen molar-refractivity contribution in [2.24, 2.45) is 5.11 Å². The summed E-state index contributed by atoms with van der Waals surface area (Å²) in [6.07, 6.45) is 2.09. The Labute approximate surface area is 66.8 Å². The molecule has 0 amide bonds. The molecule has 3 nitrogen and oxygen atoms in total. The second kappa shape index (κ2) is 2.20. The van der Waals surface area contributed by atoms with Gasteiger partial charge in [-0.25, -0.2) is 5.11 Å². The van der Waals surface area contributed by atoms with E-state index in [0.717, 1.165) is 12.6 Å². The average Bonchev–Trinajstić information content (AvgIpc) is 2.32. The van der Waals surface area contributed by atoms with E-state index < -0.39 is 0 Å². The normalized spacial score (nSPS) is 23.3. The van der Waals surface area contributed by atoms with Crippen molar-refractivity contribution in [1.29, 1.82) is 0 Å². The highest BCUT2D eigenvalue weighted by Gasteiger charge is 2.08. The van der Waals surface area contributed by atoms with Gasteiger partial charge in [-0.15, -0.1) is 6.92 Å². The molecule has 2 aliphatic heterocycles. The number of likely N-dealkylation sites (N-methyl/N-ethyl adjacent to an activating group) is 1. The van der Waals surface area contributed by atoms with Gasteiger partial charge >= 0.3 is 0 Å². The van der Waals surface area contributed by atoms with Crippen LogP contribution >= 0.6 is 0 Å². The summed E-state index contributed by atoms with van der Waals surface area (Å²) in [6.45, 7) is 5.03. The quantitative estimate of drug-likeness (QED) is 0.469. The highest BCUT2D eigenvalue weighted by molar-refractivity contribution is 5.38. The third kappa shape index (κ3) is 0.973. The van der Waals surface area contributed by atoms with Crippen LogP contribution in [0.3, 0.4) is 0 Å². The Hall–Kier alpha value is -1.09. The molecule has 0 saturated heterocycles. The van der Waals surface area contributed by atoms with Crippen LogP contribution < -0.4 is 5.11 Å². The first-order valence-electron chi connectivity index (χ1n) is 3.69. The molecule has 2 aliphatic rings. The summed E-state index contributed by atoms with van der Waals surface area (Å²) in [6, 6.07) is 2.30. The Bertz CT molecular complexity index is 219. The maximum atomic E-state index is 4.13. The lowest BCUT2D eigenvalue weighted by molar-refractivity contribution is -0.501. The number of nitrogens with one attached hydrogen (secondary N) is 1. The molecule has 0 spiro atoms. The van der Waals surface area contributed by atoms with Crippen LogP contribution in [0.5, 0.6) is 0 Å². The molecule has 60 valence electrons. The van der Waals surface area contributed by atoms with Crippen molar-refractivity contribution in [3.8, 4) is 0 Å². The Kier molecular flexibility index (Phi) is 1.32. The first-order valence-corrected chi connectivity index (χ1v) is 3.69. The molecule has 0 unspecified atom stereocenters. The van der Waals surface area contributed by atoms with E-state index in [9.17, 15) is 0 Å². The third-order valence-electron chi connectivity index (χ3n) is 1.98. The molecule has 0 aromatic heterocycles. The van der Waals surface area contributed by atoms with Gasteiger partial charge in [-0.2, -0.15) is 11.2 Å². The first-order chi connectivity index (χ1) is 5.27. The van der Waals surface area contributed by atoms with E-state index >= 15 is 0 Å². The summed E-state index contributed by atoms with van der Waals surface area (Å²) in [5.74, 6) is 0. The zero-order valence-corrected chi connectivity index (χ0v) is 6.76. The number of rotatable bonds is 0. The molecular formula is C8H11N3-2. The predicted molar refractivity (Wildman–Crippen MR) is 40.6 cm³/mol. The molecule has 2 heterocycles. The standard InChI is InChI=1S/C8H11N3/c1-6-7-3-4-11(2)5-8(7)10-9-6/h3-4,10H,5H2,1-2H3/q-2. The van der Waals surface area contributed by atoms with Gasteiger partial charge in [-0.05, 0) is 13.6 Å². The van der Waals surface area contributed by atoms with E-state index in [1.807, 2.05) is 6.92 Å². The van der Waals surface area contributed by atoms with Gasteiger partial charge in [0.25, 0.3) is 0 Å². The van der Waals surface area contributed by atoms with Gasteiger partial charge in [0.15, 0.2) is 0 Å². The van der Waals surface area contributed by atoms with E-state index in [0.29, 0.717) is 0 Å². The average molecular weight is 149 g/mol. The molecule has 3 heteroatoms. The minimum Gasteiger partial charge on any atom is -0.428 e. The molecule has 1 N–H and O–H groups in total. The summed E-state index contributed by atoms with van der Waals surface area (Å²) in [7, 11) is 2.05. The van der Waals surface area contributed by atoms with Crippen molar-refractivity contribution >= 4 is 0 Å². The molecule has 0 aromatic rings. The van der Waals surface area contributed by atoms with Gasteiger partial charge in [0.05, 0.1) is 0 Å². The molecule has 0 aliphatic carbocycles. The minimum atomic E-state index is 0.937. The lowest BCUT2D eigenvalue weighted by atomic mass is 9.99. The largest absolute Gasteiger partial charge is 0.428 e. The van der Waals surface area contributed by atoms with E-state index in [1.165, 1.54) is 11.6 Å². The maximum Gasteiger partial charge on any atom is -0.0293 e. The van der Waals surface area contributed by atoms with Crippen LogP contribution in [0, 0.1) is 18.6 Å². The van der Waals surface area contributed by atoms with Gasteiger partial charge in [-0.3, -0.25) is 6.54 Å². The van der Waals surface area contributed by atoms with Crippen LogP contribution in [0.1, 0.15) is 6.92 Å². The minimum absolute atomic E-state index is 0.937. The molecule has 11 heavy (non-hydrogen) atoms. The van der Waals surface area contributed by atoms with Crippen LogP contribution in [-0.4, -0.2) is 18.5 Å². The van der Waals surface area contributed by atoms with Crippen LogP contribution in [-0.2, 0) is 0 Å². The fourth-order valence-corrected chi connectivity index (χ4v) is 1.34. The maximum absolute atomic E-state index is 4.13. The predicted octanol–water partition coefficient (Wildman–Crippen LogP) is -0.350. The van der Waals surface area contributed by atoms with Crippen molar-refractivity contribution < 1.29 is 5.11 Å². The Morgan fingerprint density at radius 2 is 2.64 bits per heavy atom. The van der Waals surface area contributed by atoms with Gasteiger partial charge in [0.1, 0.15) is 0 Å². The highest BCUT2D eigenvalue weighted by Crippen LogP contribution is 2.27. The third-order valence-corrected chi connectivity index (χ3v) is 1.98. The lowest BCUT2D eigenvalue weighted by Gasteiger charge is -2.45. The number of azo groups is 1. The first kappa shape index (κ1) is 6.61. The summed E-state index contributed by atoms with van der Waals surface area (Å²) in [5, 5.41) is 7.14. The summed E-state index contributed by atoms with van der Waals surface area (Å²) in [4.78, 5) is 2.12. The fourth-order valence-electron chi connectivity index (χ4n) is 1.34. The highest BCUT2D eigenvalue weighted by atomic mass is 15.2. The van der Waals surface area contributed by atoms with Gasteiger partial charge in [-0.1, -0.05) is 6.04 Å². The second-order valence-corrected chi connectivity index (χ2v) is 2.93. The zero-order valence-electron chi connectivity index (χ0n) is 6.76. The summed E-state index contributed by atoms with van der Waals surface area (Å²) in [5.41, 5.74) is 1.25. The molecule has 0 saturated carbocycles. The lowest BCUT2D eigenvalue weighted by Crippen LogP contribution is -2.68. The zero-order chi connectivity index (χ0) is 7.84. The van der Waals surface area contributed by atoms with Crippen molar-refractivity contribution in [2.75, 3.05) is 13.6 Å². The van der Waals surface area contributed by atoms with Gasteiger partial charge in [0.2, 0.25) is 0 Å². The van der Waals surface area contributed by atoms with Crippen molar-refractivity contribution in [3.63, 3.8) is 0 Å². The SMILES string of the molecule is C[C-]1N=[NH+][C-]2CN(C)[CH-]C=C12. The molecule has 2 rings (SSSR count). The molecular weight excluding hydrogens is 138 g/mol. The fraction of sp³-hybridized carbons (Fsp3) is 0.375. The number of hydrogen-bond donors (Lipinski definition) is 1. The summed E-state index contributed by atoms with van der Waals surface area (Å²) < 4.78 is 0. The van der Waals surface area contributed by atoms with Crippen molar-refractivity contribution in [2.45, 2.75) is 6.92 Å². The van der Waals surface area contributed by atoms with E-state index in [1.54, 1.807) is 0 Å². The molecule has 0 fully saturated rings. The summed E-state index contributed by atoms with van der Waals surface area (Å²) >= 11 is 0. The van der Waals surface area contributed by atoms with Gasteiger partial charge < -0.3 is 16.5 Å². The molecule has 0 radical (unpaired) electrons. The van der Waals surface area contributed by atoms with Crippen LogP contribution in [0.25, 0.3) is 0 Å². The van der Waals surface area contributed by atoms with Crippen molar-refractivity contribution in [3.05, 3.63) is 30.3 Å². The molecule has 0 bridgehead atoms. The topological polar surface area (TPSA) is 29.6 Å². The number of hydrogen-bond acceptors (Lipinski definition) is 2.